The Hall–Kier alpha value is -3.15. The van der Waals surface area contributed by atoms with E-state index in [-0.39, 0.29) is 18.2 Å². The molecule has 0 aliphatic carbocycles. The predicted molar refractivity (Wildman–Crippen MR) is 110 cm³/mol. The summed E-state index contributed by atoms with van der Waals surface area (Å²) in [6, 6.07) is 12.9. The van der Waals surface area contributed by atoms with Gasteiger partial charge in [-0.05, 0) is 29.5 Å². The number of carbonyl (C=O) groups is 3. The maximum atomic E-state index is 13.0. The van der Waals surface area contributed by atoms with Crippen LogP contribution < -0.4 is 10.1 Å². The predicted octanol–water partition coefficient (Wildman–Crippen LogP) is 4.08. The Morgan fingerprint density at radius 1 is 0.966 bits per heavy atom. The van der Waals surface area contributed by atoms with Gasteiger partial charge in [0.05, 0.1) is 12.1 Å². The molecule has 0 aliphatic rings. The number of aryl methyl sites for hydroxylation is 1. The molecule has 0 aromatic heterocycles. The second-order valence-corrected chi connectivity index (χ2v) is 7.14. The molecule has 0 saturated heterocycles. The molecule has 2 aromatic carbocycles. The molecule has 2 rings (SSSR count). The highest BCUT2D eigenvalue weighted by atomic mass is 16.5. The maximum absolute atomic E-state index is 13.0. The number of rotatable bonds is 7. The van der Waals surface area contributed by atoms with Crippen LogP contribution in [0.5, 0.6) is 5.75 Å². The molecule has 1 amide bonds. The molecule has 0 aliphatic heterocycles. The molecule has 6 nitrogen and oxygen atoms in total. The van der Waals surface area contributed by atoms with Gasteiger partial charge in [0.25, 0.3) is 5.91 Å². The summed E-state index contributed by atoms with van der Waals surface area (Å²) in [7, 11) is 0. The van der Waals surface area contributed by atoms with Crippen LogP contribution in [0.15, 0.2) is 42.5 Å². The third-order valence-corrected chi connectivity index (χ3v) is 4.42. The molecule has 2 aromatic rings. The molecule has 0 saturated carbocycles. The zero-order chi connectivity index (χ0) is 21.6. The minimum atomic E-state index is -0.622. The number of ether oxygens (including phenoxy) is 2. The van der Waals surface area contributed by atoms with Crippen LogP contribution in [0.1, 0.15) is 66.8 Å². The first-order chi connectivity index (χ1) is 13.7. The first-order valence-corrected chi connectivity index (χ1v) is 9.53. The zero-order valence-corrected chi connectivity index (χ0v) is 17.4. The summed E-state index contributed by atoms with van der Waals surface area (Å²) in [6.07, 6.45) is -0.622. The minimum Gasteiger partial charge on any atom is -0.456 e. The average Bonchev–Trinajstić information content (AvgIpc) is 2.64. The molecule has 1 atom stereocenters. The van der Waals surface area contributed by atoms with Crippen LogP contribution in [0.4, 0.5) is 0 Å². The molecule has 0 fully saturated rings. The molecule has 154 valence electrons. The van der Waals surface area contributed by atoms with Crippen molar-refractivity contribution in [3.05, 3.63) is 64.7 Å². The first kappa shape index (κ1) is 22.1. The fourth-order valence-corrected chi connectivity index (χ4v) is 3.06. The van der Waals surface area contributed by atoms with E-state index >= 15 is 0 Å². The van der Waals surface area contributed by atoms with E-state index in [1.165, 1.54) is 13.8 Å². The van der Waals surface area contributed by atoms with E-state index in [1.54, 1.807) is 6.92 Å². The molecular formula is C23H27NO5. The van der Waals surface area contributed by atoms with Crippen molar-refractivity contribution < 1.29 is 23.9 Å². The van der Waals surface area contributed by atoms with E-state index < -0.39 is 23.9 Å². The maximum Gasteiger partial charge on any atom is 0.308 e. The highest BCUT2D eigenvalue weighted by molar-refractivity contribution is 5.99. The molecule has 29 heavy (non-hydrogen) atoms. The Balaban J connectivity index is 2.32. The van der Waals surface area contributed by atoms with Crippen LogP contribution in [0.3, 0.4) is 0 Å². The molecular weight excluding hydrogens is 370 g/mol. The van der Waals surface area contributed by atoms with Gasteiger partial charge >= 0.3 is 11.9 Å². The Morgan fingerprint density at radius 2 is 1.62 bits per heavy atom. The fourth-order valence-electron chi connectivity index (χ4n) is 3.06. The third kappa shape index (κ3) is 5.91. The van der Waals surface area contributed by atoms with Crippen molar-refractivity contribution in [2.24, 2.45) is 0 Å². The van der Waals surface area contributed by atoms with Gasteiger partial charge in [0.2, 0.25) is 0 Å². The summed E-state index contributed by atoms with van der Waals surface area (Å²) in [5, 5.41) is 2.82. The summed E-state index contributed by atoms with van der Waals surface area (Å²) < 4.78 is 10.8. The van der Waals surface area contributed by atoms with Crippen molar-refractivity contribution >= 4 is 17.8 Å². The largest absolute Gasteiger partial charge is 0.456 e. The standard InChI is InChI=1S/C23H27NO5/c1-14(2)19-12-11-15(3)21(22(19)29-17(5)26)23(27)24-13-20(28-16(4)25)18-9-7-6-8-10-18/h6-12,14,20H,13H2,1-5H3,(H,24,27). The Bertz CT molecular complexity index is 890. The van der Waals surface area contributed by atoms with E-state index in [1.807, 2.05) is 56.3 Å². The smallest absolute Gasteiger partial charge is 0.308 e. The van der Waals surface area contributed by atoms with Gasteiger partial charge in [-0.25, -0.2) is 0 Å². The Kier molecular flexibility index (Phi) is 7.53. The molecule has 0 spiro atoms. The average molecular weight is 397 g/mol. The number of hydrogen-bond donors (Lipinski definition) is 1. The van der Waals surface area contributed by atoms with Gasteiger partial charge in [-0.1, -0.05) is 56.3 Å². The molecule has 0 heterocycles. The van der Waals surface area contributed by atoms with Crippen molar-refractivity contribution in [3.8, 4) is 5.75 Å². The monoisotopic (exact) mass is 397 g/mol. The van der Waals surface area contributed by atoms with E-state index in [0.29, 0.717) is 11.1 Å². The van der Waals surface area contributed by atoms with Crippen LogP contribution in [0.2, 0.25) is 0 Å². The number of hydrogen-bond acceptors (Lipinski definition) is 5. The van der Waals surface area contributed by atoms with Crippen LogP contribution in [0, 0.1) is 6.92 Å². The van der Waals surface area contributed by atoms with Crippen molar-refractivity contribution in [1.82, 2.24) is 5.32 Å². The van der Waals surface area contributed by atoms with Gasteiger partial charge in [0.1, 0.15) is 11.9 Å². The number of benzene rings is 2. The van der Waals surface area contributed by atoms with Crippen LogP contribution >= 0.6 is 0 Å². The lowest BCUT2D eigenvalue weighted by atomic mass is 9.95. The number of esters is 2. The minimum absolute atomic E-state index is 0.0645. The van der Waals surface area contributed by atoms with E-state index in [2.05, 4.69) is 5.32 Å². The number of amides is 1. The normalized spacial score (nSPS) is 11.7. The van der Waals surface area contributed by atoms with Crippen LogP contribution in [-0.4, -0.2) is 24.4 Å². The molecule has 6 heteroatoms. The lowest BCUT2D eigenvalue weighted by molar-refractivity contribution is -0.146. The summed E-state index contributed by atoms with van der Waals surface area (Å²) in [5.41, 5.74) is 2.54. The second kappa shape index (κ2) is 9.87. The molecule has 0 bridgehead atoms. The third-order valence-electron chi connectivity index (χ3n) is 4.42. The van der Waals surface area contributed by atoms with Gasteiger partial charge < -0.3 is 14.8 Å². The molecule has 0 radical (unpaired) electrons. The summed E-state index contributed by atoms with van der Waals surface area (Å²) >= 11 is 0. The SMILES string of the molecule is CC(=O)Oc1c(C(C)C)ccc(C)c1C(=O)NCC(OC(C)=O)c1ccccc1. The van der Waals surface area contributed by atoms with Gasteiger partial charge in [-0.3, -0.25) is 14.4 Å². The van der Waals surface area contributed by atoms with E-state index in [4.69, 9.17) is 9.47 Å². The Morgan fingerprint density at radius 3 is 2.17 bits per heavy atom. The fraction of sp³-hybridized carbons (Fsp3) is 0.348. The number of nitrogens with one attached hydrogen (secondary N) is 1. The highest BCUT2D eigenvalue weighted by Crippen LogP contribution is 2.33. The summed E-state index contributed by atoms with van der Waals surface area (Å²) in [5.74, 6) is -0.988. The van der Waals surface area contributed by atoms with Gasteiger partial charge in [-0.2, -0.15) is 0 Å². The Labute approximate surface area is 171 Å². The van der Waals surface area contributed by atoms with Crippen molar-refractivity contribution in [2.45, 2.75) is 46.6 Å². The van der Waals surface area contributed by atoms with Crippen molar-refractivity contribution in [2.75, 3.05) is 6.54 Å². The van der Waals surface area contributed by atoms with Gasteiger partial charge in [-0.15, -0.1) is 0 Å². The van der Waals surface area contributed by atoms with Gasteiger partial charge in [0, 0.05) is 13.8 Å². The quantitative estimate of drug-likeness (QED) is 0.562. The number of carbonyl (C=O) groups excluding carboxylic acids is 3. The van der Waals surface area contributed by atoms with Crippen molar-refractivity contribution in [3.63, 3.8) is 0 Å². The topological polar surface area (TPSA) is 81.7 Å². The highest BCUT2D eigenvalue weighted by Gasteiger charge is 2.23. The lowest BCUT2D eigenvalue weighted by Gasteiger charge is -2.21. The van der Waals surface area contributed by atoms with Crippen LogP contribution in [-0.2, 0) is 14.3 Å². The summed E-state index contributed by atoms with van der Waals surface area (Å²) in [4.78, 5) is 36.2. The summed E-state index contributed by atoms with van der Waals surface area (Å²) in [6.45, 7) is 8.43. The molecule has 1 N–H and O–H groups in total. The second-order valence-electron chi connectivity index (χ2n) is 7.14. The van der Waals surface area contributed by atoms with Crippen LogP contribution in [0.25, 0.3) is 0 Å². The molecule has 1 unspecified atom stereocenters. The van der Waals surface area contributed by atoms with Gasteiger partial charge in [0.15, 0.2) is 0 Å². The van der Waals surface area contributed by atoms with E-state index in [0.717, 1.165) is 11.1 Å². The zero-order valence-electron chi connectivity index (χ0n) is 17.4. The van der Waals surface area contributed by atoms with Crippen molar-refractivity contribution in [1.29, 1.82) is 0 Å². The van der Waals surface area contributed by atoms with E-state index in [9.17, 15) is 14.4 Å². The first-order valence-electron chi connectivity index (χ1n) is 9.53. The lowest BCUT2D eigenvalue weighted by Crippen LogP contribution is -2.31.